The van der Waals surface area contributed by atoms with Gasteiger partial charge < -0.3 is 0 Å². The lowest BCUT2D eigenvalue weighted by Crippen LogP contribution is -1.98. The van der Waals surface area contributed by atoms with E-state index in [4.69, 9.17) is 0 Å². The van der Waals surface area contributed by atoms with Gasteiger partial charge in [-0.25, -0.2) is 0 Å². The maximum Gasteiger partial charge on any atom is 0.446 e. The van der Waals surface area contributed by atoms with Crippen LogP contribution < -0.4 is 0 Å². The largest absolute Gasteiger partial charge is 0.446 e. The third-order valence-electron chi connectivity index (χ3n) is 1.81. The zero-order valence-corrected chi connectivity index (χ0v) is 8.27. The lowest BCUT2D eigenvalue weighted by molar-refractivity contribution is -0.0328. The average Bonchev–Trinajstić information content (AvgIpc) is 2.15. The minimum absolute atomic E-state index is 0.112. The number of rotatable bonds is 1. The molecule has 15 heavy (non-hydrogen) atoms. The summed E-state index contributed by atoms with van der Waals surface area (Å²) in [5, 5.41) is 0.715. The Hall–Kier alpha value is -1.23. The summed E-state index contributed by atoms with van der Waals surface area (Å²) in [5.74, 6) is 0. The molecule has 0 aliphatic rings. The van der Waals surface area contributed by atoms with Gasteiger partial charge in [0.15, 0.2) is 0 Å². The first-order chi connectivity index (χ1) is 7.04. The van der Waals surface area contributed by atoms with Crippen LogP contribution in [-0.2, 0) is 0 Å². The molecule has 0 fully saturated rings. The first-order valence-electron chi connectivity index (χ1n) is 4.15. The predicted octanol–water partition coefficient (Wildman–Crippen LogP) is 3.85. The minimum atomic E-state index is -4.24. The molecule has 0 spiro atoms. The molecule has 0 saturated heterocycles. The molecular formula is C10H6F3NS. The van der Waals surface area contributed by atoms with E-state index in [1.807, 2.05) is 0 Å². The van der Waals surface area contributed by atoms with Crippen molar-refractivity contribution in [1.82, 2.24) is 4.98 Å². The van der Waals surface area contributed by atoms with Crippen molar-refractivity contribution in [2.24, 2.45) is 0 Å². The van der Waals surface area contributed by atoms with Gasteiger partial charge in [0, 0.05) is 16.5 Å². The van der Waals surface area contributed by atoms with E-state index in [1.165, 1.54) is 12.1 Å². The Bertz CT molecular complexity index is 481. The molecule has 0 amide bonds. The number of fused-ring (bicyclic) bond motifs is 1. The van der Waals surface area contributed by atoms with Crippen molar-refractivity contribution in [3.63, 3.8) is 0 Å². The van der Waals surface area contributed by atoms with E-state index in [0.29, 0.717) is 10.9 Å². The lowest BCUT2D eigenvalue weighted by Gasteiger charge is -2.05. The lowest BCUT2D eigenvalue weighted by atomic mass is 10.2. The number of hydrogen-bond acceptors (Lipinski definition) is 2. The first kappa shape index (κ1) is 10.3. The molecule has 2 aromatic rings. The highest BCUT2D eigenvalue weighted by Gasteiger charge is 2.29. The summed E-state index contributed by atoms with van der Waals surface area (Å²) in [6.07, 6.45) is 1.61. The third-order valence-corrected chi connectivity index (χ3v) is 2.53. The molecule has 0 bridgehead atoms. The summed E-state index contributed by atoms with van der Waals surface area (Å²) in [5.41, 5.74) is -3.54. The van der Waals surface area contributed by atoms with Gasteiger partial charge in [0.05, 0.1) is 5.52 Å². The molecular weight excluding hydrogens is 223 g/mol. The Morgan fingerprint density at radius 1 is 1.13 bits per heavy atom. The molecule has 1 heterocycles. The summed E-state index contributed by atoms with van der Waals surface area (Å²) in [6.45, 7) is 0. The minimum Gasteiger partial charge on any atom is -0.256 e. The number of alkyl halides is 3. The van der Waals surface area contributed by atoms with E-state index < -0.39 is 5.51 Å². The van der Waals surface area contributed by atoms with Crippen molar-refractivity contribution < 1.29 is 13.2 Å². The van der Waals surface area contributed by atoms with E-state index in [9.17, 15) is 13.2 Å². The van der Waals surface area contributed by atoms with Crippen molar-refractivity contribution in [3.05, 3.63) is 36.5 Å². The van der Waals surface area contributed by atoms with Crippen molar-refractivity contribution in [3.8, 4) is 0 Å². The van der Waals surface area contributed by atoms with Crippen LogP contribution in [0.1, 0.15) is 0 Å². The summed E-state index contributed by atoms with van der Waals surface area (Å²) in [4.78, 5) is 4.21. The van der Waals surface area contributed by atoms with Crippen LogP contribution in [0.3, 0.4) is 0 Å². The highest BCUT2D eigenvalue weighted by molar-refractivity contribution is 8.00. The Morgan fingerprint density at radius 3 is 2.67 bits per heavy atom. The van der Waals surface area contributed by atoms with Crippen LogP contribution in [0, 0.1) is 0 Å². The number of nitrogens with zero attached hydrogens (tertiary/aromatic N) is 1. The molecule has 1 aromatic heterocycles. The number of halogens is 3. The maximum atomic E-state index is 12.1. The summed E-state index contributed by atoms with van der Waals surface area (Å²) >= 11 is -0.112. The number of hydrogen-bond donors (Lipinski definition) is 0. The molecule has 78 valence electrons. The number of thioether (sulfide) groups is 1. The molecule has 0 atom stereocenters. The van der Waals surface area contributed by atoms with Gasteiger partial charge in [0.2, 0.25) is 0 Å². The molecule has 0 unspecified atom stereocenters. The predicted molar refractivity (Wildman–Crippen MR) is 53.7 cm³/mol. The summed E-state index contributed by atoms with van der Waals surface area (Å²) in [7, 11) is 0. The number of benzene rings is 1. The molecule has 0 N–H and O–H groups in total. The molecule has 0 radical (unpaired) electrons. The highest BCUT2D eigenvalue weighted by atomic mass is 32.2. The van der Waals surface area contributed by atoms with Crippen LogP contribution in [0.4, 0.5) is 13.2 Å². The third kappa shape index (κ3) is 2.62. The first-order valence-corrected chi connectivity index (χ1v) is 4.97. The van der Waals surface area contributed by atoms with Crippen LogP contribution in [-0.4, -0.2) is 10.5 Å². The smallest absolute Gasteiger partial charge is 0.256 e. The van der Waals surface area contributed by atoms with Gasteiger partial charge in [-0.3, -0.25) is 4.98 Å². The fourth-order valence-corrected chi connectivity index (χ4v) is 1.84. The topological polar surface area (TPSA) is 12.9 Å². The van der Waals surface area contributed by atoms with Crippen molar-refractivity contribution in [1.29, 1.82) is 0 Å². The van der Waals surface area contributed by atoms with Gasteiger partial charge in [-0.15, -0.1) is 0 Å². The SMILES string of the molecule is FC(F)(F)Sc1ccc2ncccc2c1. The van der Waals surface area contributed by atoms with Gasteiger partial charge in [-0.2, -0.15) is 13.2 Å². The second-order valence-electron chi connectivity index (χ2n) is 2.91. The van der Waals surface area contributed by atoms with Crippen LogP contribution in [0.15, 0.2) is 41.4 Å². The zero-order chi connectivity index (χ0) is 10.9. The number of aromatic nitrogens is 1. The van der Waals surface area contributed by atoms with Crippen LogP contribution in [0.5, 0.6) is 0 Å². The molecule has 0 aliphatic carbocycles. The Balaban J connectivity index is 2.39. The maximum absolute atomic E-state index is 12.1. The second kappa shape index (κ2) is 3.73. The van der Waals surface area contributed by atoms with E-state index >= 15 is 0 Å². The fourth-order valence-electron chi connectivity index (χ4n) is 1.25. The summed E-state index contributed by atoms with van der Waals surface area (Å²) < 4.78 is 36.3. The quantitative estimate of drug-likeness (QED) is 0.689. The zero-order valence-electron chi connectivity index (χ0n) is 7.45. The molecule has 1 aromatic carbocycles. The van der Waals surface area contributed by atoms with Gasteiger partial charge in [0.25, 0.3) is 0 Å². The van der Waals surface area contributed by atoms with Crippen molar-refractivity contribution in [2.45, 2.75) is 10.4 Å². The van der Waals surface area contributed by atoms with Crippen molar-refractivity contribution >= 4 is 22.7 Å². The highest BCUT2D eigenvalue weighted by Crippen LogP contribution is 2.37. The van der Waals surface area contributed by atoms with Crippen molar-refractivity contribution in [2.75, 3.05) is 0 Å². The van der Waals surface area contributed by atoms with Crippen LogP contribution >= 0.6 is 11.8 Å². The number of pyridine rings is 1. The van der Waals surface area contributed by atoms with Gasteiger partial charge in [-0.1, -0.05) is 6.07 Å². The van der Waals surface area contributed by atoms with E-state index in [1.54, 1.807) is 24.4 Å². The molecule has 0 saturated carbocycles. The Labute approximate surface area is 88.3 Å². The fraction of sp³-hybridized carbons (Fsp3) is 0.100. The second-order valence-corrected chi connectivity index (χ2v) is 4.04. The standard InChI is InChI=1S/C10H6F3NS/c11-10(12,13)15-8-3-4-9-7(6-8)2-1-5-14-9/h1-6H. The summed E-state index contributed by atoms with van der Waals surface area (Å²) in [6, 6.07) is 7.94. The van der Waals surface area contributed by atoms with Crippen LogP contribution in [0.25, 0.3) is 10.9 Å². The van der Waals surface area contributed by atoms with E-state index in [0.717, 1.165) is 0 Å². The molecule has 5 heteroatoms. The van der Waals surface area contributed by atoms with E-state index in [2.05, 4.69) is 4.98 Å². The molecule has 0 aliphatic heterocycles. The monoisotopic (exact) mass is 229 g/mol. The Kier molecular flexibility index (Phi) is 2.56. The average molecular weight is 229 g/mol. The molecule has 1 nitrogen and oxygen atoms in total. The normalized spacial score (nSPS) is 11.9. The Morgan fingerprint density at radius 2 is 1.93 bits per heavy atom. The van der Waals surface area contributed by atoms with Gasteiger partial charge in [0.1, 0.15) is 0 Å². The van der Waals surface area contributed by atoms with E-state index in [-0.39, 0.29) is 16.7 Å². The van der Waals surface area contributed by atoms with Gasteiger partial charge >= 0.3 is 5.51 Å². The molecule has 2 rings (SSSR count). The van der Waals surface area contributed by atoms with Gasteiger partial charge in [-0.05, 0) is 36.0 Å². The van der Waals surface area contributed by atoms with Crippen LogP contribution in [0.2, 0.25) is 0 Å².